The van der Waals surface area contributed by atoms with Crippen LogP contribution in [0, 0.1) is 19.7 Å². The van der Waals surface area contributed by atoms with Crippen molar-refractivity contribution in [3.05, 3.63) is 77.7 Å². The van der Waals surface area contributed by atoms with Crippen LogP contribution in [-0.2, 0) is 9.84 Å². The molecular formula is C22H19FN2O2S. The van der Waals surface area contributed by atoms with Gasteiger partial charge < -0.3 is 0 Å². The number of hydrogen-bond donors (Lipinski definition) is 0. The molecule has 0 atom stereocenters. The second-order valence-corrected chi connectivity index (χ2v) is 8.95. The van der Waals surface area contributed by atoms with E-state index in [1.54, 1.807) is 36.4 Å². The molecule has 0 bridgehead atoms. The molecule has 2 aromatic carbocycles. The van der Waals surface area contributed by atoms with Gasteiger partial charge in [0.15, 0.2) is 9.84 Å². The van der Waals surface area contributed by atoms with E-state index in [1.807, 2.05) is 30.5 Å². The molecule has 0 spiro atoms. The highest BCUT2D eigenvalue weighted by molar-refractivity contribution is 7.90. The first kappa shape index (κ1) is 18.4. The van der Waals surface area contributed by atoms with Gasteiger partial charge in [0.1, 0.15) is 11.5 Å². The molecule has 4 rings (SSSR count). The van der Waals surface area contributed by atoms with Crippen LogP contribution in [0.4, 0.5) is 4.39 Å². The Balaban J connectivity index is 2.01. The Morgan fingerprint density at radius 2 is 1.50 bits per heavy atom. The molecule has 0 N–H and O–H groups in total. The number of imidazole rings is 1. The minimum Gasteiger partial charge on any atom is -0.299 e. The third-order valence-corrected chi connectivity index (χ3v) is 6.11. The lowest BCUT2D eigenvalue weighted by molar-refractivity contribution is 0.602. The van der Waals surface area contributed by atoms with Crippen LogP contribution in [0.25, 0.3) is 28.2 Å². The second-order valence-electron chi connectivity index (χ2n) is 6.93. The van der Waals surface area contributed by atoms with Gasteiger partial charge in [-0.1, -0.05) is 12.1 Å². The van der Waals surface area contributed by atoms with Crippen LogP contribution in [0.2, 0.25) is 0 Å². The lowest BCUT2D eigenvalue weighted by atomic mass is 10.0. The number of hydrogen-bond acceptors (Lipinski definition) is 3. The van der Waals surface area contributed by atoms with Crippen molar-refractivity contribution in [1.29, 1.82) is 0 Å². The number of halogens is 1. The van der Waals surface area contributed by atoms with E-state index in [0.29, 0.717) is 0 Å². The minimum absolute atomic E-state index is 0.260. The van der Waals surface area contributed by atoms with Crippen molar-refractivity contribution in [2.45, 2.75) is 18.7 Å². The fourth-order valence-electron chi connectivity index (χ4n) is 3.27. The molecule has 4 aromatic rings. The average Bonchev–Trinajstić information content (AvgIpc) is 3.05. The summed E-state index contributed by atoms with van der Waals surface area (Å²) in [7, 11) is -3.27. The molecule has 6 heteroatoms. The highest BCUT2D eigenvalue weighted by atomic mass is 32.2. The van der Waals surface area contributed by atoms with Gasteiger partial charge in [-0.3, -0.25) is 4.40 Å². The third kappa shape index (κ3) is 3.10. The number of sulfone groups is 1. The van der Waals surface area contributed by atoms with Crippen molar-refractivity contribution < 1.29 is 12.8 Å². The van der Waals surface area contributed by atoms with Gasteiger partial charge in [-0.2, -0.15) is 0 Å². The van der Waals surface area contributed by atoms with E-state index in [0.717, 1.165) is 39.3 Å². The lowest BCUT2D eigenvalue weighted by Gasteiger charge is -2.08. The fourth-order valence-corrected chi connectivity index (χ4v) is 3.91. The zero-order chi connectivity index (χ0) is 20.1. The number of pyridine rings is 1. The summed E-state index contributed by atoms with van der Waals surface area (Å²) in [6.07, 6.45) is 3.14. The molecule has 0 saturated heterocycles. The van der Waals surface area contributed by atoms with Crippen molar-refractivity contribution >= 4 is 15.5 Å². The molecular weight excluding hydrogens is 375 g/mol. The predicted octanol–water partition coefficient (Wildman–Crippen LogP) is 4.83. The maximum atomic E-state index is 13.5. The average molecular weight is 394 g/mol. The van der Waals surface area contributed by atoms with Crippen LogP contribution in [0.1, 0.15) is 11.1 Å². The molecule has 0 fully saturated rings. The minimum atomic E-state index is -3.27. The van der Waals surface area contributed by atoms with Gasteiger partial charge in [-0.25, -0.2) is 17.8 Å². The Morgan fingerprint density at radius 3 is 2.11 bits per heavy atom. The topological polar surface area (TPSA) is 51.4 Å². The van der Waals surface area contributed by atoms with Crippen LogP contribution < -0.4 is 0 Å². The molecule has 0 aliphatic rings. The van der Waals surface area contributed by atoms with Gasteiger partial charge in [0.2, 0.25) is 0 Å². The van der Waals surface area contributed by atoms with E-state index in [4.69, 9.17) is 4.98 Å². The first-order chi connectivity index (χ1) is 13.3. The van der Waals surface area contributed by atoms with E-state index in [9.17, 15) is 12.8 Å². The van der Waals surface area contributed by atoms with Gasteiger partial charge in [-0.15, -0.1) is 0 Å². The molecule has 2 heterocycles. The number of fused-ring (bicyclic) bond motifs is 1. The van der Waals surface area contributed by atoms with E-state index < -0.39 is 9.84 Å². The lowest BCUT2D eigenvalue weighted by Crippen LogP contribution is -1.96. The van der Waals surface area contributed by atoms with Crippen LogP contribution >= 0.6 is 0 Å². The SMILES string of the molecule is Cc1ccn2c(-c3ccc(F)cc3)c(-c3ccc(S(C)(=O)=O)cc3)nc2c1C. The maximum Gasteiger partial charge on any atom is 0.175 e. The Bertz CT molecular complexity index is 1290. The Labute approximate surface area is 163 Å². The summed E-state index contributed by atoms with van der Waals surface area (Å²) in [6, 6.07) is 15.0. The first-order valence-electron chi connectivity index (χ1n) is 8.80. The van der Waals surface area contributed by atoms with Crippen LogP contribution in [0.3, 0.4) is 0 Å². The molecule has 2 aromatic heterocycles. The van der Waals surface area contributed by atoms with E-state index in [1.165, 1.54) is 18.4 Å². The van der Waals surface area contributed by atoms with E-state index in [-0.39, 0.29) is 10.7 Å². The van der Waals surface area contributed by atoms with Gasteiger partial charge >= 0.3 is 0 Å². The number of aryl methyl sites for hydroxylation is 2. The zero-order valence-corrected chi connectivity index (χ0v) is 16.6. The van der Waals surface area contributed by atoms with Crippen LogP contribution in [0.5, 0.6) is 0 Å². The number of benzene rings is 2. The first-order valence-corrected chi connectivity index (χ1v) is 10.7. The molecule has 4 nitrogen and oxygen atoms in total. The molecule has 0 radical (unpaired) electrons. The van der Waals surface area contributed by atoms with Crippen molar-refractivity contribution in [2.75, 3.05) is 6.26 Å². The van der Waals surface area contributed by atoms with Crippen molar-refractivity contribution in [3.63, 3.8) is 0 Å². The van der Waals surface area contributed by atoms with Gasteiger partial charge in [0, 0.05) is 23.6 Å². The van der Waals surface area contributed by atoms with Crippen molar-refractivity contribution in [1.82, 2.24) is 9.38 Å². The second kappa shape index (κ2) is 6.56. The molecule has 0 aliphatic heterocycles. The maximum absolute atomic E-state index is 13.5. The molecule has 0 saturated carbocycles. The zero-order valence-electron chi connectivity index (χ0n) is 15.8. The summed E-state index contributed by atoms with van der Waals surface area (Å²) in [6.45, 7) is 4.05. The highest BCUT2D eigenvalue weighted by Gasteiger charge is 2.18. The smallest absolute Gasteiger partial charge is 0.175 e. The summed E-state index contributed by atoms with van der Waals surface area (Å²) in [5.74, 6) is -0.302. The quantitative estimate of drug-likeness (QED) is 0.500. The Hall–Kier alpha value is -2.99. The molecule has 0 amide bonds. The normalized spacial score (nSPS) is 11.9. The summed E-state index contributed by atoms with van der Waals surface area (Å²) in [5, 5.41) is 0. The summed E-state index contributed by atoms with van der Waals surface area (Å²) < 4.78 is 39.0. The van der Waals surface area contributed by atoms with Gasteiger partial charge in [-0.05, 0) is 67.4 Å². The fraction of sp³-hybridized carbons (Fsp3) is 0.136. The predicted molar refractivity (Wildman–Crippen MR) is 109 cm³/mol. The van der Waals surface area contributed by atoms with Crippen LogP contribution in [0.15, 0.2) is 65.7 Å². The van der Waals surface area contributed by atoms with Crippen molar-refractivity contribution in [3.8, 4) is 22.5 Å². The number of aromatic nitrogens is 2. The summed E-state index contributed by atoms with van der Waals surface area (Å²) in [5.41, 5.74) is 6.20. The highest BCUT2D eigenvalue weighted by Crippen LogP contribution is 2.34. The number of nitrogens with zero attached hydrogens (tertiary/aromatic N) is 2. The van der Waals surface area contributed by atoms with E-state index in [2.05, 4.69) is 0 Å². The largest absolute Gasteiger partial charge is 0.299 e. The number of rotatable bonds is 3. The van der Waals surface area contributed by atoms with Gasteiger partial charge in [0.05, 0.1) is 16.3 Å². The summed E-state index contributed by atoms with van der Waals surface area (Å²) >= 11 is 0. The van der Waals surface area contributed by atoms with Gasteiger partial charge in [0.25, 0.3) is 0 Å². The van der Waals surface area contributed by atoms with Crippen molar-refractivity contribution in [2.24, 2.45) is 0 Å². The summed E-state index contributed by atoms with van der Waals surface area (Å²) in [4.78, 5) is 5.11. The molecule has 0 unspecified atom stereocenters. The Kier molecular flexibility index (Phi) is 4.31. The molecule has 142 valence electrons. The third-order valence-electron chi connectivity index (χ3n) is 4.99. The molecule has 28 heavy (non-hydrogen) atoms. The molecule has 0 aliphatic carbocycles. The Morgan fingerprint density at radius 1 is 0.893 bits per heavy atom. The monoisotopic (exact) mass is 394 g/mol. The standard InChI is InChI=1S/C22H19FN2O2S/c1-14-12-13-25-21(17-4-8-18(23)9-5-17)20(24-22(25)15(14)2)16-6-10-19(11-7-16)28(3,26)27/h4-13H,1-3H3. The van der Waals surface area contributed by atoms with E-state index >= 15 is 0 Å². The van der Waals surface area contributed by atoms with Crippen LogP contribution in [-0.4, -0.2) is 24.1 Å².